The van der Waals surface area contributed by atoms with Crippen LogP contribution in [0.25, 0.3) is 0 Å². The van der Waals surface area contributed by atoms with Gasteiger partial charge in [-0.2, -0.15) is 0 Å². The summed E-state index contributed by atoms with van der Waals surface area (Å²) in [5.41, 5.74) is 1.45. The van der Waals surface area contributed by atoms with E-state index in [9.17, 15) is 4.79 Å². The van der Waals surface area contributed by atoms with Gasteiger partial charge in [0.1, 0.15) is 11.5 Å². The molecular weight excluding hydrogens is 272 g/mol. The van der Waals surface area contributed by atoms with Crippen molar-refractivity contribution < 1.29 is 19.1 Å². The first-order valence-corrected chi connectivity index (χ1v) is 6.80. The number of methoxy groups -OCH3 is 2. The lowest BCUT2D eigenvalue weighted by Gasteiger charge is -2.12. The number of nitrogens with one attached hydrogen (secondary N) is 1. The molecule has 0 bridgehead atoms. The van der Waals surface area contributed by atoms with E-state index in [4.69, 9.17) is 14.3 Å². The predicted octanol–water partition coefficient (Wildman–Crippen LogP) is 1.72. The second kappa shape index (κ2) is 6.47. The van der Waals surface area contributed by atoms with E-state index < -0.39 is 6.10 Å². The molecule has 6 heteroatoms. The summed E-state index contributed by atoms with van der Waals surface area (Å²) in [5.74, 6) is 1.21. The van der Waals surface area contributed by atoms with E-state index in [1.54, 1.807) is 20.3 Å². The molecule has 1 aliphatic rings. The van der Waals surface area contributed by atoms with Gasteiger partial charge in [0.2, 0.25) is 6.10 Å². The molecule has 0 saturated carbocycles. The summed E-state index contributed by atoms with van der Waals surface area (Å²) in [6.45, 7) is 3.80. The minimum atomic E-state index is -0.599. The Hall–Kier alpha value is -2.24. The number of amides is 1. The number of hydrogen-bond donors (Lipinski definition) is 1. The molecule has 2 rings (SSSR count). The van der Waals surface area contributed by atoms with Crippen LogP contribution >= 0.6 is 0 Å². The van der Waals surface area contributed by atoms with Gasteiger partial charge in [0, 0.05) is 18.0 Å². The summed E-state index contributed by atoms with van der Waals surface area (Å²) < 4.78 is 10.5. The fourth-order valence-electron chi connectivity index (χ4n) is 2.09. The predicted molar refractivity (Wildman–Crippen MR) is 78.9 cm³/mol. The summed E-state index contributed by atoms with van der Waals surface area (Å²) in [6.07, 6.45) is -0.194. The highest BCUT2D eigenvalue weighted by molar-refractivity contribution is 6.06. The van der Waals surface area contributed by atoms with Gasteiger partial charge in [-0.15, -0.1) is 0 Å². The number of carbonyl (C=O) groups excluding carboxylic acids is 1. The van der Waals surface area contributed by atoms with E-state index in [1.807, 2.05) is 26.0 Å². The highest BCUT2D eigenvalue weighted by atomic mass is 16.6. The van der Waals surface area contributed by atoms with Crippen molar-refractivity contribution in [2.75, 3.05) is 14.2 Å². The van der Waals surface area contributed by atoms with Gasteiger partial charge in [-0.05, 0) is 32.0 Å². The van der Waals surface area contributed by atoms with Gasteiger partial charge in [-0.1, -0.05) is 5.16 Å². The van der Waals surface area contributed by atoms with Crippen molar-refractivity contribution in [3.05, 3.63) is 23.8 Å². The minimum absolute atomic E-state index is 0.0662. The van der Waals surface area contributed by atoms with Crippen molar-refractivity contribution in [2.24, 2.45) is 5.16 Å². The molecule has 6 nitrogen and oxygen atoms in total. The molecule has 1 heterocycles. The second-order valence-electron chi connectivity index (χ2n) is 5.07. The molecule has 0 aromatic heterocycles. The standard InChI is InChI=1S/C15H20N2O4/c1-9(2)16-15(18)14-8-12(17-21-14)11-7-10(19-3)5-6-13(11)20-4/h5-7,9,14H,8H2,1-4H3,(H,16,18). The lowest BCUT2D eigenvalue weighted by molar-refractivity contribution is -0.131. The first kappa shape index (κ1) is 15.2. The Morgan fingerprint density at radius 3 is 2.76 bits per heavy atom. The molecule has 114 valence electrons. The van der Waals surface area contributed by atoms with Crippen LogP contribution in [0, 0.1) is 0 Å². The van der Waals surface area contributed by atoms with Crippen molar-refractivity contribution in [2.45, 2.75) is 32.4 Å². The van der Waals surface area contributed by atoms with Crippen molar-refractivity contribution in [3.8, 4) is 11.5 Å². The largest absolute Gasteiger partial charge is 0.497 e. The maximum absolute atomic E-state index is 11.9. The zero-order valence-corrected chi connectivity index (χ0v) is 12.7. The number of oxime groups is 1. The molecule has 0 fully saturated rings. The molecule has 0 aliphatic carbocycles. The Labute approximate surface area is 124 Å². The van der Waals surface area contributed by atoms with Crippen molar-refractivity contribution >= 4 is 11.6 Å². The van der Waals surface area contributed by atoms with Gasteiger partial charge in [0.25, 0.3) is 5.91 Å². The third-order valence-electron chi connectivity index (χ3n) is 3.11. The summed E-state index contributed by atoms with van der Waals surface area (Å²) in [7, 11) is 3.18. The molecule has 1 aromatic carbocycles. The third-order valence-corrected chi connectivity index (χ3v) is 3.11. The maximum atomic E-state index is 11.9. The zero-order chi connectivity index (χ0) is 15.4. The number of rotatable bonds is 5. The molecule has 0 radical (unpaired) electrons. The number of hydrogen-bond acceptors (Lipinski definition) is 5. The lowest BCUT2D eigenvalue weighted by Crippen LogP contribution is -2.38. The van der Waals surface area contributed by atoms with Crippen LogP contribution in [0.15, 0.2) is 23.4 Å². The Kier molecular flexibility index (Phi) is 4.67. The van der Waals surface area contributed by atoms with Gasteiger partial charge < -0.3 is 19.6 Å². The van der Waals surface area contributed by atoms with E-state index in [-0.39, 0.29) is 11.9 Å². The van der Waals surface area contributed by atoms with Crippen LogP contribution in [0.1, 0.15) is 25.8 Å². The number of ether oxygens (including phenoxy) is 2. The molecule has 0 saturated heterocycles. The van der Waals surface area contributed by atoms with Crippen LogP contribution in [0.2, 0.25) is 0 Å². The van der Waals surface area contributed by atoms with E-state index in [2.05, 4.69) is 10.5 Å². The fourth-order valence-corrected chi connectivity index (χ4v) is 2.09. The van der Waals surface area contributed by atoms with Crippen molar-refractivity contribution in [1.29, 1.82) is 0 Å². The smallest absolute Gasteiger partial charge is 0.264 e. The molecule has 1 amide bonds. The summed E-state index contributed by atoms with van der Waals surface area (Å²) >= 11 is 0. The Morgan fingerprint density at radius 2 is 2.14 bits per heavy atom. The molecule has 1 aliphatic heterocycles. The fraction of sp³-hybridized carbons (Fsp3) is 0.467. The highest BCUT2D eigenvalue weighted by Crippen LogP contribution is 2.28. The molecule has 21 heavy (non-hydrogen) atoms. The summed E-state index contributed by atoms with van der Waals surface area (Å²) in [5, 5.41) is 6.83. The first-order chi connectivity index (χ1) is 10.0. The molecule has 1 aromatic rings. The molecule has 1 unspecified atom stereocenters. The topological polar surface area (TPSA) is 69.1 Å². The van der Waals surface area contributed by atoms with Crippen LogP contribution in [-0.4, -0.2) is 38.0 Å². The van der Waals surface area contributed by atoms with Gasteiger partial charge in [-0.3, -0.25) is 4.79 Å². The SMILES string of the molecule is COc1ccc(OC)c(C2=NOC(C(=O)NC(C)C)C2)c1. The van der Waals surface area contributed by atoms with Crippen molar-refractivity contribution in [3.63, 3.8) is 0 Å². The normalized spacial score (nSPS) is 17.2. The average Bonchev–Trinajstić information content (AvgIpc) is 2.95. The van der Waals surface area contributed by atoms with Gasteiger partial charge in [0.15, 0.2) is 0 Å². The van der Waals surface area contributed by atoms with Crippen LogP contribution in [0.4, 0.5) is 0 Å². The van der Waals surface area contributed by atoms with Gasteiger partial charge in [0.05, 0.1) is 19.9 Å². The Balaban J connectivity index is 2.15. The highest BCUT2D eigenvalue weighted by Gasteiger charge is 2.30. The van der Waals surface area contributed by atoms with E-state index in [0.717, 1.165) is 5.56 Å². The van der Waals surface area contributed by atoms with Crippen LogP contribution in [0.5, 0.6) is 11.5 Å². The number of carbonyl (C=O) groups is 1. The molecule has 0 spiro atoms. The Morgan fingerprint density at radius 1 is 1.38 bits per heavy atom. The van der Waals surface area contributed by atoms with Gasteiger partial charge >= 0.3 is 0 Å². The third kappa shape index (κ3) is 3.45. The van der Waals surface area contributed by atoms with Crippen molar-refractivity contribution in [1.82, 2.24) is 5.32 Å². The summed E-state index contributed by atoms with van der Waals surface area (Å²) in [4.78, 5) is 17.2. The minimum Gasteiger partial charge on any atom is -0.497 e. The maximum Gasteiger partial charge on any atom is 0.264 e. The van der Waals surface area contributed by atoms with Gasteiger partial charge in [-0.25, -0.2) is 0 Å². The zero-order valence-electron chi connectivity index (χ0n) is 12.7. The van der Waals surface area contributed by atoms with E-state index >= 15 is 0 Å². The first-order valence-electron chi connectivity index (χ1n) is 6.80. The van der Waals surface area contributed by atoms with Crippen LogP contribution < -0.4 is 14.8 Å². The second-order valence-corrected chi connectivity index (χ2v) is 5.07. The number of nitrogens with zero attached hydrogens (tertiary/aromatic N) is 1. The molecular formula is C15H20N2O4. The lowest BCUT2D eigenvalue weighted by atomic mass is 10.0. The quantitative estimate of drug-likeness (QED) is 0.897. The average molecular weight is 292 g/mol. The van der Waals surface area contributed by atoms with E-state index in [0.29, 0.717) is 23.6 Å². The summed E-state index contributed by atoms with van der Waals surface area (Å²) in [6, 6.07) is 5.50. The number of benzene rings is 1. The van der Waals surface area contributed by atoms with Crippen LogP contribution in [0.3, 0.4) is 0 Å². The monoisotopic (exact) mass is 292 g/mol. The molecule has 1 N–H and O–H groups in total. The molecule has 1 atom stereocenters. The van der Waals surface area contributed by atoms with Crippen LogP contribution in [-0.2, 0) is 9.63 Å². The Bertz CT molecular complexity index is 555. The van der Waals surface area contributed by atoms with E-state index in [1.165, 1.54) is 0 Å².